The summed E-state index contributed by atoms with van der Waals surface area (Å²) in [4.78, 5) is 24.2. The second-order valence-electron chi connectivity index (χ2n) is 5.55. The van der Waals surface area contributed by atoms with E-state index in [0.29, 0.717) is 0 Å². The monoisotopic (exact) mass is 384 g/mol. The summed E-state index contributed by atoms with van der Waals surface area (Å²) in [6.45, 7) is -0.164. The minimum absolute atomic E-state index is 0.0961. The van der Waals surface area contributed by atoms with Crippen LogP contribution in [0, 0.1) is 18.8 Å². The van der Waals surface area contributed by atoms with E-state index < -0.39 is 58.1 Å². The third-order valence-electron chi connectivity index (χ3n) is 4.00. The molecule has 1 aliphatic rings. The van der Waals surface area contributed by atoms with Gasteiger partial charge in [-0.05, 0) is 14.0 Å². The number of nitrogens with one attached hydrogen (secondary N) is 1. The molecule has 2 atom stereocenters. The Hall–Kier alpha value is -2.08. The summed E-state index contributed by atoms with van der Waals surface area (Å²) in [7, 11) is -2.85. The quantitative estimate of drug-likeness (QED) is 0.794. The van der Waals surface area contributed by atoms with E-state index in [-0.39, 0.29) is 11.3 Å². The first kappa shape index (κ1) is 19.2. The van der Waals surface area contributed by atoms with E-state index >= 15 is 0 Å². The molecule has 1 amide bonds. The molecular formula is C13H15F3N2O6S. The van der Waals surface area contributed by atoms with Crippen LogP contribution in [0.4, 0.5) is 13.2 Å². The summed E-state index contributed by atoms with van der Waals surface area (Å²) in [5, 5.41) is 8.41. The maximum absolute atomic E-state index is 13.0. The molecule has 25 heavy (non-hydrogen) atoms. The molecule has 1 aromatic rings. The fourth-order valence-electron chi connectivity index (χ4n) is 2.62. The van der Waals surface area contributed by atoms with Gasteiger partial charge in [0.25, 0.3) is 15.9 Å². The van der Waals surface area contributed by atoms with Gasteiger partial charge in [-0.3, -0.25) is 9.59 Å². The van der Waals surface area contributed by atoms with Crippen LogP contribution in [0.5, 0.6) is 0 Å². The maximum atomic E-state index is 13.0. The normalized spacial score (nSPS) is 21.6. The first-order valence-electron chi connectivity index (χ1n) is 7.01. The first-order chi connectivity index (χ1) is 11.4. The number of carbonyl (C=O) groups is 2. The number of alkyl halides is 3. The fourth-order valence-corrected chi connectivity index (χ4v) is 3.33. The minimum Gasteiger partial charge on any atom is -0.481 e. The fraction of sp³-hybridized carbons (Fsp3) is 0.538. The van der Waals surface area contributed by atoms with Crippen LogP contribution in [0.3, 0.4) is 0 Å². The molecule has 0 aliphatic carbocycles. The minimum atomic E-state index is -4.77. The van der Waals surface area contributed by atoms with Gasteiger partial charge in [0, 0.05) is 19.2 Å². The average Bonchev–Trinajstić information content (AvgIpc) is 3.10. The first-order valence-corrected chi connectivity index (χ1v) is 8.49. The smallest absolute Gasteiger partial charge is 0.394 e. The number of aryl methyl sites for hydroxylation is 1. The third kappa shape index (κ3) is 3.63. The Labute approximate surface area is 140 Å². The topological polar surface area (TPSA) is 117 Å². The molecule has 8 nitrogen and oxygen atoms in total. The van der Waals surface area contributed by atoms with Gasteiger partial charge < -0.3 is 14.4 Å². The second-order valence-corrected chi connectivity index (χ2v) is 7.36. The van der Waals surface area contributed by atoms with Gasteiger partial charge in [-0.2, -0.15) is 13.2 Å². The Morgan fingerprint density at radius 1 is 1.36 bits per heavy atom. The van der Waals surface area contributed by atoms with Crippen LogP contribution in [0.1, 0.15) is 16.1 Å². The highest BCUT2D eigenvalue weighted by molar-refractivity contribution is 7.89. The van der Waals surface area contributed by atoms with Gasteiger partial charge >= 0.3 is 12.1 Å². The van der Waals surface area contributed by atoms with E-state index in [1.54, 1.807) is 0 Å². The molecule has 0 saturated carbocycles. The maximum Gasteiger partial charge on any atom is 0.394 e. The van der Waals surface area contributed by atoms with Crippen LogP contribution in [0.15, 0.2) is 15.6 Å². The SMILES string of the molecule is CNS(=O)(=O)c1cc(C(=O)N2C[C@@H](C(F)(F)F)[C@H](C(=O)O)C2)c(C)o1. The van der Waals surface area contributed by atoms with E-state index in [1.165, 1.54) is 6.92 Å². The number of sulfonamides is 1. The van der Waals surface area contributed by atoms with Crippen LogP contribution < -0.4 is 4.72 Å². The Morgan fingerprint density at radius 3 is 2.40 bits per heavy atom. The molecule has 0 radical (unpaired) electrons. The predicted molar refractivity (Wildman–Crippen MR) is 76.3 cm³/mol. The Bertz CT molecular complexity index is 801. The predicted octanol–water partition coefficient (Wildman–Crippen LogP) is 0.831. The number of aliphatic carboxylic acids is 1. The largest absolute Gasteiger partial charge is 0.481 e. The Balaban J connectivity index is 2.32. The number of carbonyl (C=O) groups excluding carboxylic acids is 1. The van der Waals surface area contributed by atoms with Gasteiger partial charge in [0.15, 0.2) is 0 Å². The molecule has 0 unspecified atom stereocenters. The molecule has 0 aromatic carbocycles. The van der Waals surface area contributed by atoms with Crippen molar-refractivity contribution < 1.29 is 40.7 Å². The van der Waals surface area contributed by atoms with Crippen molar-refractivity contribution in [3.63, 3.8) is 0 Å². The van der Waals surface area contributed by atoms with Crippen LogP contribution in [0.25, 0.3) is 0 Å². The summed E-state index contributed by atoms with van der Waals surface area (Å²) in [5.74, 6) is -6.64. The van der Waals surface area contributed by atoms with Crippen molar-refractivity contribution in [2.75, 3.05) is 20.1 Å². The zero-order valence-corrected chi connectivity index (χ0v) is 13.9. The van der Waals surface area contributed by atoms with Crippen molar-refractivity contribution in [2.24, 2.45) is 11.8 Å². The highest BCUT2D eigenvalue weighted by Crippen LogP contribution is 2.38. The number of nitrogens with zero attached hydrogens (tertiary/aromatic N) is 1. The molecule has 2 N–H and O–H groups in total. The number of carboxylic acids is 1. The number of hydrogen-bond donors (Lipinski definition) is 2. The number of likely N-dealkylation sites (tertiary alicyclic amines) is 1. The lowest BCUT2D eigenvalue weighted by Crippen LogP contribution is -2.34. The van der Waals surface area contributed by atoms with Crippen LogP contribution in [-0.4, -0.2) is 56.6 Å². The van der Waals surface area contributed by atoms with E-state index in [4.69, 9.17) is 9.52 Å². The van der Waals surface area contributed by atoms with Crippen molar-refractivity contribution in [1.29, 1.82) is 0 Å². The number of carboxylic acid groups (broad SMARTS) is 1. The molecule has 140 valence electrons. The summed E-state index contributed by atoms with van der Waals surface area (Å²) in [5.41, 5.74) is -0.235. The molecule has 0 spiro atoms. The highest BCUT2D eigenvalue weighted by atomic mass is 32.2. The van der Waals surface area contributed by atoms with Gasteiger partial charge in [0.05, 0.1) is 17.4 Å². The highest BCUT2D eigenvalue weighted by Gasteiger charge is 2.53. The molecule has 0 bridgehead atoms. The van der Waals surface area contributed by atoms with E-state index in [9.17, 15) is 31.2 Å². The summed E-state index contributed by atoms with van der Waals surface area (Å²) in [6.07, 6.45) is -4.77. The number of rotatable bonds is 4. The lowest BCUT2D eigenvalue weighted by Gasteiger charge is -2.18. The summed E-state index contributed by atoms with van der Waals surface area (Å²) in [6, 6.07) is 0.903. The molecule has 1 saturated heterocycles. The average molecular weight is 384 g/mol. The molecule has 2 heterocycles. The Morgan fingerprint density at radius 2 is 1.96 bits per heavy atom. The zero-order valence-electron chi connectivity index (χ0n) is 13.1. The standard InChI is InChI=1S/C13H15F3N2O6S/c1-6-7(3-10(24-6)25(22,23)17-2)11(19)18-4-8(12(20)21)9(5-18)13(14,15)16/h3,8-9,17H,4-5H2,1-2H3,(H,20,21)/t8-,9-/m1/s1. The third-order valence-corrected chi connectivity index (χ3v) is 5.27. The second kappa shape index (κ2) is 6.33. The summed E-state index contributed by atoms with van der Waals surface area (Å²) >= 11 is 0. The van der Waals surface area contributed by atoms with E-state index in [1.807, 2.05) is 4.72 Å². The van der Waals surface area contributed by atoms with Crippen LogP contribution in [-0.2, 0) is 14.8 Å². The van der Waals surface area contributed by atoms with Crippen molar-refractivity contribution >= 4 is 21.9 Å². The summed E-state index contributed by atoms with van der Waals surface area (Å²) < 4.78 is 69.3. The molecular weight excluding hydrogens is 369 g/mol. The van der Waals surface area contributed by atoms with Crippen molar-refractivity contribution in [3.8, 4) is 0 Å². The Kier molecular flexibility index (Phi) is 4.88. The van der Waals surface area contributed by atoms with Crippen LogP contribution in [0.2, 0.25) is 0 Å². The number of halogens is 3. The van der Waals surface area contributed by atoms with Crippen molar-refractivity contribution in [2.45, 2.75) is 18.2 Å². The number of amides is 1. The number of hydrogen-bond acceptors (Lipinski definition) is 5. The zero-order chi connectivity index (χ0) is 19.2. The van der Waals surface area contributed by atoms with E-state index in [0.717, 1.165) is 18.0 Å². The molecule has 2 rings (SSSR count). The molecule has 1 aromatic heterocycles. The van der Waals surface area contributed by atoms with Gasteiger partial charge in [-0.1, -0.05) is 0 Å². The van der Waals surface area contributed by atoms with Crippen molar-refractivity contribution in [1.82, 2.24) is 9.62 Å². The number of furan rings is 1. The lowest BCUT2D eigenvalue weighted by atomic mass is 9.96. The van der Waals surface area contributed by atoms with E-state index in [2.05, 4.69) is 0 Å². The van der Waals surface area contributed by atoms with Crippen molar-refractivity contribution in [3.05, 3.63) is 17.4 Å². The van der Waals surface area contributed by atoms with Gasteiger partial charge in [0.1, 0.15) is 5.76 Å². The molecule has 1 aliphatic heterocycles. The molecule has 1 fully saturated rings. The van der Waals surface area contributed by atoms with Gasteiger partial charge in [-0.15, -0.1) is 0 Å². The van der Waals surface area contributed by atoms with Crippen LogP contribution >= 0.6 is 0 Å². The molecule has 12 heteroatoms. The van der Waals surface area contributed by atoms with Gasteiger partial charge in [0.2, 0.25) is 5.09 Å². The lowest BCUT2D eigenvalue weighted by molar-refractivity contribution is -0.187. The van der Waals surface area contributed by atoms with Gasteiger partial charge in [-0.25, -0.2) is 13.1 Å².